The van der Waals surface area contributed by atoms with Crippen molar-refractivity contribution >= 4 is 34.2 Å². The number of aliphatic imine (C=N–C) groups is 1. The number of halogens is 1. The molecule has 138 valence electrons. The Hall–Kier alpha value is -1.50. The maximum atomic E-state index is 12.8. The van der Waals surface area contributed by atoms with Crippen LogP contribution in [0.1, 0.15) is 56.0 Å². The number of hydrogen-bond acceptors (Lipinski definition) is 4. The highest BCUT2D eigenvalue weighted by atomic mass is 35.5. The van der Waals surface area contributed by atoms with Gasteiger partial charge >= 0.3 is 0 Å². The zero-order chi connectivity index (χ0) is 18.5. The molecule has 1 aromatic heterocycles. The molecule has 0 amide bonds. The first-order valence-electron chi connectivity index (χ1n) is 8.80. The van der Waals surface area contributed by atoms with Crippen LogP contribution in [0, 0.1) is 0 Å². The van der Waals surface area contributed by atoms with Crippen molar-refractivity contribution < 1.29 is 4.74 Å². The molecule has 0 aliphatic carbocycles. The van der Waals surface area contributed by atoms with Crippen LogP contribution in [0.3, 0.4) is 0 Å². The van der Waals surface area contributed by atoms with Gasteiger partial charge in [0.05, 0.1) is 27.5 Å². The molecule has 0 bridgehead atoms. The smallest absolute Gasteiger partial charge is 0.271 e. The molecule has 3 heterocycles. The van der Waals surface area contributed by atoms with Crippen LogP contribution in [0.2, 0.25) is 5.02 Å². The molecule has 0 unspecified atom stereocenters. The highest BCUT2D eigenvalue weighted by Gasteiger charge is 2.35. The number of aromatic amines is 1. The summed E-state index contributed by atoms with van der Waals surface area (Å²) in [5.74, 6) is 0.758. The minimum atomic E-state index is -0.200. The molecule has 2 aliphatic rings. The summed E-state index contributed by atoms with van der Waals surface area (Å²) >= 11 is 7.64. The van der Waals surface area contributed by atoms with E-state index in [0.717, 1.165) is 34.8 Å². The molecule has 5 nitrogen and oxygen atoms in total. The minimum Gasteiger partial charge on any atom is -0.375 e. The molecule has 2 aromatic rings. The van der Waals surface area contributed by atoms with E-state index < -0.39 is 0 Å². The molecule has 1 saturated heterocycles. The lowest BCUT2D eigenvalue weighted by Gasteiger charge is -2.36. The number of hydrogen-bond donors (Lipinski definition) is 1. The van der Waals surface area contributed by atoms with Gasteiger partial charge in [0.25, 0.3) is 5.56 Å². The maximum Gasteiger partial charge on any atom is 0.271 e. The summed E-state index contributed by atoms with van der Waals surface area (Å²) in [7, 11) is 0. The summed E-state index contributed by atoms with van der Waals surface area (Å²) in [4.78, 5) is 17.6. The molecule has 4 rings (SSSR count). The molecule has 1 fully saturated rings. The van der Waals surface area contributed by atoms with Crippen LogP contribution in [0.15, 0.2) is 34.1 Å². The zero-order valence-corrected chi connectivity index (χ0v) is 16.7. The summed E-state index contributed by atoms with van der Waals surface area (Å²) in [5.41, 5.74) is 1.53. The second kappa shape index (κ2) is 6.59. The van der Waals surface area contributed by atoms with Gasteiger partial charge in [-0.3, -0.25) is 14.6 Å². The average molecular weight is 392 g/mol. The normalized spacial score (nSPS) is 24.8. The van der Waals surface area contributed by atoms with Crippen LogP contribution >= 0.6 is 23.4 Å². The Morgan fingerprint density at radius 3 is 2.77 bits per heavy atom. The van der Waals surface area contributed by atoms with Crippen molar-refractivity contribution in [3.63, 3.8) is 0 Å². The Bertz CT molecular complexity index is 914. The highest BCUT2D eigenvalue weighted by molar-refractivity contribution is 8.14. The van der Waals surface area contributed by atoms with Gasteiger partial charge in [-0.2, -0.15) is 0 Å². The number of benzene rings is 1. The lowest BCUT2D eigenvalue weighted by Crippen LogP contribution is -2.35. The number of H-pyrrole nitrogens is 1. The molecule has 0 saturated carbocycles. The first kappa shape index (κ1) is 17.9. The Kier molecular flexibility index (Phi) is 4.53. The third kappa shape index (κ3) is 3.26. The molecule has 7 heteroatoms. The van der Waals surface area contributed by atoms with Crippen LogP contribution in [-0.2, 0) is 4.74 Å². The summed E-state index contributed by atoms with van der Waals surface area (Å²) < 4.78 is 7.80. The van der Waals surface area contributed by atoms with Gasteiger partial charge < -0.3 is 4.74 Å². The Morgan fingerprint density at radius 1 is 1.35 bits per heavy atom. The predicted molar refractivity (Wildman–Crippen MR) is 107 cm³/mol. The molecular weight excluding hydrogens is 370 g/mol. The molecule has 2 atom stereocenters. The average Bonchev–Trinajstić information content (AvgIpc) is 2.91. The van der Waals surface area contributed by atoms with E-state index in [1.807, 2.05) is 35.9 Å². The van der Waals surface area contributed by atoms with E-state index in [9.17, 15) is 4.79 Å². The number of rotatable bonds is 2. The van der Waals surface area contributed by atoms with Gasteiger partial charge in [-0.15, -0.1) is 0 Å². The Morgan fingerprint density at radius 2 is 2.08 bits per heavy atom. The van der Waals surface area contributed by atoms with E-state index in [4.69, 9.17) is 21.3 Å². The van der Waals surface area contributed by atoms with Crippen LogP contribution in [0.25, 0.3) is 0 Å². The van der Waals surface area contributed by atoms with Crippen molar-refractivity contribution in [1.82, 2.24) is 9.78 Å². The first-order valence-corrected chi connectivity index (χ1v) is 10.1. The third-order valence-corrected chi connectivity index (χ3v) is 6.39. The number of ether oxygens (including phenoxy) is 1. The van der Waals surface area contributed by atoms with Crippen LogP contribution < -0.4 is 5.56 Å². The summed E-state index contributed by atoms with van der Waals surface area (Å²) in [6.45, 7) is 6.86. The third-order valence-electron chi connectivity index (χ3n) is 4.96. The number of aromatic nitrogens is 2. The van der Waals surface area contributed by atoms with Gasteiger partial charge in [0.2, 0.25) is 0 Å². The van der Waals surface area contributed by atoms with Crippen molar-refractivity contribution in [3.05, 3.63) is 50.8 Å². The van der Waals surface area contributed by atoms with Gasteiger partial charge in [-0.05, 0) is 51.3 Å². The minimum absolute atomic E-state index is 0.0620. The molecule has 1 N–H and O–H groups in total. The van der Waals surface area contributed by atoms with Crippen molar-refractivity contribution in [3.8, 4) is 0 Å². The standard InChI is InChI=1S/C19H22ClN3O2S/c1-11-21-17-15(16(26-11)12-4-6-13(20)7-5-12)18(24)22-23(17)14-8-9-25-19(2,3)10-14/h4-7,14,16H,8-10H2,1-3H3,(H,22,24)/t14-,16+/m1/s1. The van der Waals surface area contributed by atoms with E-state index in [0.29, 0.717) is 11.6 Å². The van der Waals surface area contributed by atoms with Crippen molar-refractivity contribution in [2.24, 2.45) is 4.99 Å². The van der Waals surface area contributed by atoms with Crippen LogP contribution in [0.4, 0.5) is 5.82 Å². The van der Waals surface area contributed by atoms with Gasteiger partial charge in [0, 0.05) is 11.6 Å². The first-order chi connectivity index (χ1) is 12.3. The van der Waals surface area contributed by atoms with Crippen molar-refractivity contribution in [1.29, 1.82) is 0 Å². The summed E-state index contributed by atoms with van der Waals surface area (Å²) in [6.07, 6.45) is 1.71. The number of nitrogens with one attached hydrogen (secondary N) is 1. The fourth-order valence-electron chi connectivity index (χ4n) is 3.77. The van der Waals surface area contributed by atoms with E-state index in [2.05, 4.69) is 18.9 Å². The Balaban J connectivity index is 1.79. The zero-order valence-electron chi connectivity index (χ0n) is 15.1. The fourth-order valence-corrected chi connectivity index (χ4v) is 5.00. The summed E-state index contributed by atoms with van der Waals surface area (Å²) in [6, 6.07) is 7.88. The van der Waals surface area contributed by atoms with Gasteiger partial charge in [0.15, 0.2) is 5.82 Å². The largest absolute Gasteiger partial charge is 0.375 e. The molecule has 2 aliphatic heterocycles. The second-order valence-electron chi connectivity index (χ2n) is 7.48. The number of nitrogens with zero attached hydrogens (tertiary/aromatic N) is 2. The lowest BCUT2D eigenvalue weighted by molar-refractivity contribution is -0.0705. The van der Waals surface area contributed by atoms with Crippen LogP contribution in [0.5, 0.6) is 0 Å². The van der Waals surface area contributed by atoms with E-state index in [1.165, 1.54) is 0 Å². The molecular formula is C19H22ClN3O2S. The highest BCUT2D eigenvalue weighted by Crippen LogP contribution is 2.45. The quantitative estimate of drug-likeness (QED) is 0.796. The number of thioether (sulfide) groups is 1. The van der Waals surface area contributed by atoms with Gasteiger partial charge in [0.1, 0.15) is 0 Å². The van der Waals surface area contributed by atoms with E-state index in [-0.39, 0.29) is 22.5 Å². The molecule has 0 radical (unpaired) electrons. The van der Waals surface area contributed by atoms with E-state index in [1.54, 1.807) is 11.8 Å². The molecule has 26 heavy (non-hydrogen) atoms. The molecule has 0 spiro atoms. The lowest BCUT2D eigenvalue weighted by atomic mass is 9.94. The molecule has 1 aromatic carbocycles. The summed E-state index contributed by atoms with van der Waals surface area (Å²) in [5, 5.41) is 4.63. The van der Waals surface area contributed by atoms with Crippen molar-refractivity contribution in [2.75, 3.05) is 6.61 Å². The van der Waals surface area contributed by atoms with Gasteiger partial charge in [-0.25, -0.2) is 4.99 Å². The van der Waals surface area contributed by atoms with Crippen molar-refractivity contribution in [2.45, 2.75) is 50.5 Å². The fraction of sp³-hybridized carbons (Fsp3) is 0.474. The number of fused-ring (bicyclic) bond motifs is 1. The van der Waals surface area contributed by atoms with Gasteiger partial charge in [-0.1, -0.05) is 35.5 Å². The van der Waals surface area contributed by atoms with Crippen LogP contribution in [-0.4, -0.2) is 27.0 Å². The second-order valence-corrected chi connectivity index (χ2v) is 9.22. The SMILES string of the molecule is CC1=Nc2c(c(=O)[nH]n2[C@@H]2CCOC(C)(C)C2)[C@H](c2ccc(Cl)cc2)S1. The topological polar surface area (TPSA) is 59.4 Å². The monoisotopic (exact) mass is 391 g/mol. The maximum absolute atomic E-state index is 12.8. The predicted octanol–water partition coefficient (Wildman–Crippen LogP) is 4.85. The van der Waals surface area contributed by atoms with E-state index >= 15 is 0 Å². The Labute approximate surface area is 161 Å².